The quantitative estimate of drug-likeness (QED) is 0.830. The van der Waals surface area contributed by atoms with Crippen LogP contribution in [0.4, 0.5) is 0 Å². The maximum absolute atomic E-state index is 12.8. The lowest BCUT2D eigenvalue weighted by molar-refractivity contribution is -0.0194. The summed E-state index contributed by atoms with van der Waals surface area (Å²) in [5.41, 5.74) is 1.96. The summed E-state index contributed by atoms with van der Waals surface area (Å²) in [4.78, 5) is 14.1. The van der Waals surface area contributed by atoms with Gasteiger partial charge < -0.3 is 10.1 Å². The third kappa shape index (κ3) is 2.89. The Kier molecular flexibility index (Phi) is 4.19. The van der Waals surface area contributed by atoms with Crippen LogP contribution >= 0.6 is 11.3 Å². The Bertz CT molecular complexity index is 758. The van der Waals surface area contributed by atoms with Crippen molar-refractivity contribution in [3.63, 3.8) is 0 Å². The summed E-state index contributed by atoms with van der Waals surface area (Å²) in [6, 6.07) is -0.565. The summed E-state index contributed by atoms with van der Waals surface area (Å²) in [5.74, 6) is 0.118. The maximum Gasteiger partial charge on any atom is 0.252 e. The highest BCUT2D eigenvalue weighted by Gasteiger charge is 2.55. The van der Waals surface area contributed by atoms with Crippen molar-refractivity contribution in [3.8, 4) is 0 Å². The fourth-order valence-corrected chi connectivity index (χ4v) is 6.11. The zero-order valence-corrected chi connectivity index (χ0v) is 15.2. The van der Waals surface area contributed by atoms with Crippen LogP contribution in [0.15, 0.2) is 5.38 Å². The summed E-state index contributed by atoms with van der Waals surface area (Å²) < 4.78 is 31.4. The molecule has 8 heteroatoms. The number of amides is 1. The molecule has 0 aromatic carbocycles. The van der Waals surface area contributed by atoms with Crippen LogP contribution in [-0.2, 0) is 27.6 Å². The van der Waals surface area contributed by atoms with E-state index in [0.29, 0.717) is 6.61 Å². The van der Waals surface area contributed by atoms with E-state index in [-0.39, 0.29) is 30.0 Å². The van der Waals surface area contributed by atoms with Gasteiger partial charge in [-0.3, -0.25) is 4.79 Å². The zero-order chi connectivity index (χ0) is 16.9. The molecule has 1 saturated heterocycles. The van der Waals surface area contributed by atoms with Crippen LogP contribution < -0.4 is 10.0 Å². The molecular formula is C16H22N2O4S2. The lowest BCUT2D eigenvalue weighted by Gasteiger charge is -2.47. The second kappa shape index (κ2) is 6.09. The van der Waals surface area contributed by atoms with Crippen molar-refractivity contribution in [2.24, 2.45) is 5.92 Å². The normalized spacial score (nSPS) is 31.9. The molecule has 2 heterocycles. The van der Waals surface area contributed by atoms with Crippen LogP contribution in [0.5, 0.6) is 0 Å². The second-order valence-electron chi connectivity index (χ2n) is 6.96. The summed E-state index contributed by atoms with van der Waals surface area (Å²) in [6.07, 6.45) is 6.23. The number of carbonyl (C=O) groups excluding carboxylic acids is 1. The zero-order valence-electron chi connectivity index (χ0n) is 13.6. The lowest BCUT2D eigenvalue weighted by atomic mass is 9.72. The molecule has 1 aromatic heterocycles. The van der Waals surface area contributed by atoms with Crippen molar-refractivity contribution in [1.29, 1.82) is 0 Å². The van der Waals surface area contributed by atoms with E-state index >= 15 is 0 Å². The molecule has 132 valence electrons. The Morgan fingerprint density at radius 3 is 2.88 bits per heavy atom. The van der Waals surface area contributed by atoms with Crippen LogP contribution in [0.3, 0.4) is 0 Å². The number of nitrogens with one attached hydrogen (secondary N) is 2. The van der Waals surface area contributed by atoms with E-state index in [2.05, 4.69) is 10.0 Å². The Morgan fingerprint density at radius 2 is 2.08 bits per heavy atom. The van der Waals surface area contributed by atoms with Crippen molar-refractivity contribution in [2.75, 3.05) is 12.9 Å². The van der Waals surface area contributed by atoms with Crippen molar-refractivity contribution in [3.05, 3.63) is 21.4 Å². The number of hydrogen-bond acceptors (Lipinski definition) is 5. The first-order chi connectivity index (χ1) is 11.4. The molecule has 1 amide bonds. The minimum Gasteiger partial charge on any atom is -0.376 e. The molecule has 1 aliphatic heterocycles. The Labute approximate surface area is 146 Å². The molecule has 0 unspecified atom stereocenters. The van der Waals surface area contributed by atoms with E-state index in [0.717, 1.165) is 37.5 Å². The summed E-state index contributed by atoms with van der Waals surface area (Å²) in [7, 11) is -3.34. The summed E-state index contributed by atoms with van der Waals surface area (Å²) in [6.45, 7) is 0.623. The number of fused-ring (bicyclic) bond motifs is 2. The van der Waals surface area contributed by atoms with Crippen LogP contribution in [-0.4, -0.2) is 45.4 Å². The number of sulfonamides is 1. The fourth-order valence-electron chi connectivity index (χ4n) is 4.20. The fraction of sp³-hybridized carbons (Fsp3) is 0.688. The van der Waals surface area contributed by atoms with Gasteiger partial charge in [0.25, 0.3) is 5.91 Å². The van der Waals surface area contributed by atoms with Gasteiger partial charge in [-0.2, -0.15) is 0 Å². The second-order valence-corrected chi connectivity index (χ2v) is 9.71. The van der Waals surface area contributed by atoms with Crippen LogP contribution in [0.2, 0.25) is 0 Å². The predicted octanol–water partition coefficient (Wildman–Crippen LogP) is 1.06. The summed E-state index contributed by atoms with van der Waals surface area (Å²) >= 11 is 1.67. The molecule has 1 aromatic rings. The molecule has 2 aliphatic carbocycles. The van der Waals surface area contributed by atoms with Gasteiger partial charge in [-0.1, -0.05) is 0 Å². The van der Waals surface area contributed by atoms with Gasteiger partial charge in [0.15, 0.2) is 0 Å². The minimum atomic E-state index is -3.34. The van der Waals surface area contributed by atoms with Gasteiger partial charge in [-0.15, -0.1) is 11.3 Å². The number of ether oxygens (including phenoxy) is 1. The SMILES string of the molecule is CS(=O)(=O)N[C@@H]1[C@@H](NC(=O)c2csc3c2CCCC3)[C@H]2CCO[C@H]21. The number of rotatable bonds is 4. The average Bonchev–Trinajstić information content (AvgIpc) is 3.14. The Morgan fingerprint density at radius 1 is 1.29 bits per heavy atom. The van der Waals surface area contributed by atoms with Crippen molar-refractivity contribution >= 4 is 27.3 Å². The predicted molar refractivity (Wildman–Crippen MR) is 91.8 cm³/mol. The molecule has 0 radical (unpaired) electrons. The molecule has 2 N–H and O–H groups in total. The third-order valence-electron chi connectivity index (χ3n) is 5.34. The van der Waals surface area contributed by atoms with E-state index in [1.54, 1.807) is 11.3 Å². The van der Waals surface area contributed by atoms with E-state index in [1.165, 1.54) is 16.9 Å². The molecule has 0 bridgehead atoms. The molecule has 24 heavy (non-hydrogen) atoms. The first kappa shape index (κ1) is 16.5. The first-order valence-corrected chi connectivity index (χ1v) is 11.2. The molecule has 3 aliphatic rings. The Balaban J connectivity index is 1.51. The Hall–Kier alpha value is -0.960. The van der Waals surface area contributed by atoms with E-state index in [4.69, 9.17) is 4.74 Å². The monoisotopic (exact) mass is 370 g/mol. The van der Waals surface area contributed by atoms with Gasteiger partial charge in [0.2, 0.25) is 10.0 Å². The van der Waals surface area contributed by atoms with Gasteiger partial charge in [0, 0.05) is 22.8 Å². The molecule has 6 nitrogen and oxygen atoms in total. The van der Waals surface area contributed by atoms with Crippen molar-refractivity contribution in [1.82, 2.24) is 10.0 Å². The number of carbonyl (C=O) groups is 1. The van der Waals surface area contributed by atoms with Crippen LogP contribution in [0.1, 0.15) is 40.1 Å². The average molecular weight is 370 g/mol. The smallest absolute Gasteiger partial charge is 0.252 e. The van der Waals surface area contributed by atoms with Crippen LogP contribution in [0, 0.1) is 5.92 Å². The van der Waals surface area contributed by atoms with Gasteiger partial charge in [0.05, 0.1) is 30.0 Å². The highest BCUT2D eigenvalue weighted by molar-refractivity contribution is 7.88. The van der Waals surface area contributed by atoms with Crippen LogP contribution in [0.25, 0.3) is 0 Å². The minimum absolute atomic E-state index is 0.0787. The van der Waals surface area contributed by atoms with Crippen molar-refractivity contribution < 1.29 is 17.9 Å². The highest BCUT2D eigenvalue weighted by Crippen LogP contribution is 2.40. The van der Waals surface area contributed by atoms with Gasteiger partial charge in [-0.25, -0.2) is 13.1 Å². The first-order valence-electron chi connectivity index (χ1n) is 8.43. The molecule has 4 rings (SSSR count). The molecule has 0 spiro atoms. The number of thiophene rings is 1. The third-order valence-corrected chi connectivity index (χ3v) is 7.13. The summed E-state index contributed by atoms with van der Waals surface area (Å²) in [5, 5.41) is 5.02. The van der Waals surface area contributed by atoms with E-state index < -0.39 is 10.0 Å². The molecule has 2 fully saturated rings. The van der Waals surface area contributed by atoms with Crippen molar-refractivity contribution in [2.45, 2.75) is 50.3 Å². The molecular weight excluding hydrogens is 348 g/mol. The van der Waals surface area contributed by atoms with Gasteiger partial charge in [0.1, 0.15) is 0 Å². The molecule has 1 saturated carbocycles. The van der Waals surface area contributed by atoms with Gasteiger partial charge in [-0.05, 0) is 37.7 Å². The maximum atomic E-state index is 12.8. The number of aryl methyl sites for hydroxylation is 1. The lowest BCUT2D eigenvalue weighted by Crippen LogP contribution is -2.70. The standard InChI is InChI=1S/C16H22N2O4S2/c1-24(20,21)18-14-13(10-6-7-22-15(10)14)17-16(19)11-8-23-12-5-3-2-4-9(11)12/h8,10,13-15,18H,2-7H2,1H3,(H,17,19)/t10-,13+,14-,15-/m1/s1. The van der Waals surface area contributed by atoms with E-state index in [9.17, 15) is 13.2 Å². The largest absolute Gasteiger partial charge is 0.376 e. The van der Waals surface area contributed by atoms with Gasteiger partial charge >= 0.3 is 0 Å². The molecule has 4 atom stereocenters. The number of hydrogen-bond donors (Lipinski definition) is 2. The highest BCUT2D eigenvalue weighted by atomic mass is 32.2. The van der Waals surface area contributed by atoms with E-state index in [1.807, 2.05) is 5.38 Å². The topological polar surface area (TPSA) is 84.5 Å².